The summed E-state index contributed by atoms with van der Waals surface area (Å²) < 4.78 is 10.1. The second kappa shape index (κ2) is 6.29. The molecule has 0 aliphatic heterocycles. The van der Waals surface area contributed by atoms with Gasteiger partial charge in [-0.05, 0) is 17.7 Å². The predicted octanol–water partition coefficient (Wildman–Crippen LogP) is 3.97. The number of benzene rings is 1. The van der Waals surface area contributed by atoms with Crippen LogP contribution in [0.5, 0.6) is 5.75 Å². The van der Waals surface area contributed by atoms with Gasteiger partial charge in [-0.2, -0.15) is 0 Å². The standard InChI is InChI=1S/C17H14N4O2S/c1-22-13-4-2-11(3-5-13)14-9-24-17-15(14)16(19-10-20-17)18-8-12-6-7-23-21-12/h2-7,9-10H,8H2,1H3,(H,18,19,20). The number of methoxy groups -OCH3 is 1. The number of fused-ring (bicyclic) bond motifs is 1. The molecule has 7 heteroatoms. The van der Waals surface area contributed by atoms with Crippen molar-refractivity contribution in [3.05, 3.63) is 54.0 Å². The second-order valence-corrected chi connectivity index (χ2v) is 5.98. The van der Waals surface area contributed by atoms with Crippen molar-refractivity contribution >= 4 is 27.4 Å². The highest BCUT2D eigenvalue weighted by Gasteiger charge is 2.13. The van der Waals surface area contributed by atoms with Crippen molar-refractivity contribution in [2.24, 2.45) is 0 Å². The third-order valence-corrected chi connectivity index (χ3v) is 4.59. The number of rotatable bonds is 5. The topological polar surface area (TPSA) is 73.1 Å². The van der Waals surface area contributed by atoms with Crippen molar-refractivity contribution in [3.63, 3.8) is 0 Å². The van der Waals surface area contributed by atoms with Gasteiger partial charge in [0.15, 0.2) is 0 Å². The van der Waals surface area contributed by atoms with Crippen LogP contribution in [0.25, 0.3) is 21.3 Å². The Hall–Kier alpha value is -2.93. The highest BCUT2D eigenvalue weighted by molar-refractivity contribution is 7.17. The Balaban J connectivity index is 1.73. The van der Waals surface area contributed by atoms with Gasteiger partial charge >= 0.3 is 0 Å². The maximum absolute atomic E-state index is 5.23. The summed E-state index contributed by atoms with van der Waals surface area (Å²) in [5, 5.41) is 10.3. The highest BCUT2D eigenvalue weighted by atomic mass is 32.1. The van der Waals surface area contributed by atoms with E-state index in [2.05, 4.69) is 25.8 Å². The molecule has 0 atom stereocenters. The number of hydrogen-bond donors (Lipinski definition) is 1. The van der Waals surface area contributed by atoms with Crippen LogP contribution in [0.3, 0.4) is 0 Å². The lowest BCUT2D eigenvalue weighted by atomic mass is 10.1. The minimum absolute atomic E-state index is 0.542. The molecule has 0 unspecified atom stereocenters. The van der Waals surface area contributed by atoms with E-state index in [1.165, 1.54) is 0 Å². The predicted molar refractivity (Wildman–Crippen MR) is 93.2 cm³/mol. The number of nitrogens with zero attached hydrogens (tertiary/aromatic N) is 3. The Morgan fingerprint density at radius 3 is 2.79 bits per heavy atom. The van der Waals surface area contributed by atoms with Crippen LogP contribution >= 0.6 is 11.3 Å². The van der Waals surface area contributed by atoms with Gasteiger partial charge in [0, 0.05) is 17.0 Å². The van der Waals surface area contributed by atoms with Crippen molar-refractivity contribution in [1.29, 1.82) is 0 Å². The molecule has 0 bridgehead atoms. The van der Waals surface area contributed by atoms with Gasteiger partial charge in [0.1, 0.15) is 34.7 Å². The Kier molecular flexibility index (Phi) is 3.84. The van der Waals surface area contributed by atoms with Crippen LogP contribution in [0.1, 0.15) is 5.69 Å². The molecule has 24 heavy (non-hydrogen) atoms. The van der Waals surface area contributed by atoms with Gasteiger partial charge in [0.2, 0.25) is 0 Å². The van der Waals surface area contributed by atoms with E-state index >= 15 is 0 Å². The van der Waals surface area contributed by atoms with Crippen molar-refractivity contribution < 1.29 is 9.26 Å². The Morgan fingerprint density at radius 2 is 2.04 bits per heavy atom. The number of nitrogens with one attached hydrogen (secondary N) is 1. The fourth-order valence-corrected chi connectivity index (χ4v) is 3.41. The van der Waals surface area contributed by atoms with Crippen LogP contribution in [0.15, 0.2) is 52.8 Å². The first kappa shape index (κ1) is 14.6. The van der Waals surface area contributed by atoms with Crippen LogP contribution < -0.4 is 10.1 Å². The molecular weight excluding hydrogens is 324 g/mol. The molecule has 0 spiro atoms. The molecule has 120 valence electrons. The monoisotopic (exact) mass is 338 g/mol. The molecule has 0 amide bonds. The van der Waals surface area contributed by atoms with Gasteiger partial charge in [0.05, 0.1) is 19.0 Å². The van der Waals surface area contributed by atoms with Crippen molar-refractivity contribution in [2.45, 2.75) is 6.54 Å². The Bertz CT molecular complexity index is 949. The van der Waals surface area contributed by atoms with E-state index in [9.17, 15) is 0 Å². The summed E-state index contributed by atoms with van der Waals surface area (Å²) in [7, 11) is 1.66. The van der Waals surface area contributed by atoms with E-state index in [0.29, 0.717) is 6.54 Å². The Morgan fingerprint density at radius 1 is 1.17 bits per heavy atom. The first-order valence-electron chi connectivity index (χ1n) is 7.35. The van der Waals surface area contributed by atoms with Crippen LogP contribution in [0, 0.1) is 0 Å². The molecule has 4 rings (SSSR count). The maximum atomic E-state index is 5.23. The third-order valence-electron chi connectivity index (χ3n) is 3.70. The SMILES string of the molecule is COc1ccc(-c2csc3ncnc(NCc4ccon4)c23)cc1. The summed E-state index contributed by atoms with van der Waals surface area (Å²) in [4.78, 5) is 9.72. The molecule has 4 aromatic rings. The molecular formula is C17H14N4O2S. The lowest BCUT2D eigenvalue weighted by molar-refractivity contribution is 0.412. The van der Waals surface area contributed by atoms with Gasteiger partial charge in [-0.15, -0.1) is 11.3 Å². The summed E-state index contributed by atoms with van der Waals surface area (Å²) in [6, 6.07) is 9.79. The van der Waals surface area contributed by atoms with Crippen LogP contribution in [0.4, 0.5) is 5.82 Å². The summed E-state index contributed by atoms with van der Waals surface area (Å²) in [5.41, 5.74) is 3.02. The van der Waals surface area contributed by atoms with Crippen molar-refractivity contribution in [1.82, 2.24) is 15.1 Å². The molecule has 0 aliphatic carbocycles. The number of ether oxygens (including phenoxy) is 1. The molecule has 6 nitrogen and oxygen atoms in total. The normalized spacial score (nSPS) is 10.9. The number of aromatic nitrogens is 3. The first-order valence-corrected chi connectivity index (χ1v) is 8.23. The van der Waals surface area contributed by atoms with Gasteiger partial charge in [-0.25, -0.2) is 9.97 Å². The average molecular weight is 338 g/mol. The van der Waals surface area contributed by atoms with E-state index in [1.54, 1.807) is 31.0 Å². The van der Waals surface area contributed by atoms with Crippen LogP contribution in [-0.2, 0) is 6.54 Å². The lowest BCUT2D eigenvalue weighted by Gasteiger charge is -2.07. The zero-order chi connectivity index (χ0) is 16.4. The van der Waals surface area contributed by atoms with E-state index in [-0.39, 0.29) is 0 Å². The van der Waals surface area contributed by atoms with E-state index < -0.39 is 0 Å². The van der Waals surface area contributed by atoms with E-state index in [4.69, 9.17) is 9.26 Å². The molecule has 0 radical (unpaired) electrons. The van der Waals surface area contributed by atoms with Gasteiger partial charge in [0.25, 0.3) is 0 Å². The maximum Gasteiger partial charge on any atom is 0.139 e. The summed E-state index contributed by atoms with van der Waals surface area (Å²) in [6.07, 6.45) is 3.13. The third kappa shape index (κ3) is 2.69. The average Bonchev–Trinajstić information content (AvgIpc) is 3.30. The second-order valence-electron chi connectivity index (χ2n) is 5.12. The summed E-state index contributed by atoms with van der Waals surface area (Å²) in [6.45, 7) is 0.542. The molecule has 3 heterocycles. The fraction of sp³-hybridized carbons (Fsp3) is 0.118. The molecule has 3 aromatic heterocycles. The minimum Gasteiger partial charge on any atom is -0.497 e. The fourth-order valence-electron chi connectivity index (χ4n) is 2.50. The van der Waals surface area contributed by atoms with Crippen molar-refractivity contribution in [3.8, 4) is 16.9 Å². The molecule has 0 saturated carbocycles. The smallest absolute Gasteiger partial charge is 0.139 e. The summed E-state index contributed by atoms with van der Waals surface area (Å²) in [5.74, 6) is 1.62. The lowest BCUT2D eigenvalue weighted by Crippen LogP contribution is -2.02. The molecule has 1 N–H and O–H groups in total. The molecule has 0 aliphatic rings. The largest absolute Gasteiger partial charge is 0.497 e. The van der Waals surface area contributed by atoms with Crippen LogP contribution in [-0.4, -0.2) is 22.2 Å². The minimum atomic E-state index is 0.542. The van der Waals surface area contributed by atoms with Gasteiger partial charge in [-0.1, -0.05) is 17.3 Å². The first-order chi connectivity index (χ1) is 11.8. The molecule has 1 aromatic carbocycles. The van der Waals surface area contributed by atoms with E-state index in [0.717, 1.165) is 38.6 Å². The molecule has 0 saturated heterocycles. The molecule has 0 fully saturated rings. The number of anilines is 1. The van der Waals surface area contributed by atoms with Crippen molar-refractivity contribution in [2.75, 3.05) is 12.4 Å². The quantitative estimate of drug-likeness (QED) is 0.593. The highest BCUT2D eigenvalue weighted by Crippen LogP contribution is 2.37. The Labute approximate surface area is 142 Å². The number of hydrogen-bond acceptors (Lipinski definition) is 7. The van der Waals surface area contributed by atoms with Gasteiger partial charge in [-0.3, -0.25) is 0 Å². The zero-order valence-corrected chi connectivity index (χ0v) is 13.7. The number of thiophene rings is 1. The van der Waals surface area contributed by atoms with Crippen LogP contribution in [0.2, 0.25) is 0 Å². The van der Waals surface area contributed by atoms with E-state index in [1.807, 2.05) is 30.3 Å². The summed E-state index contributed by atoms with van der Waals surface area (Å²) >= 11 is 1.60. The zero-order valence-electron chi connectivity index (χ0n) is 12.9. The van der Waals surface area contributed by atoms with Gasteiger partial charge < -0.3 is 14.6 Å².